The van der Waals surface area contributed by atoms with Gasteiger partial charge in [-0.15, -0.1) is 0 Å². The van der Waals surface area contributed by atoms with Crippen LogP contribution in [0.3, 0.4) is 0 Å². The minimum Gasteiger partial charge on any atom is -1.00 e. The number of hydrogen-bond acceptors (Lipinski definition) is 2. The fourth-order valence-corrected chi connectivity index (χ4v) is 1.92. The Hall–Kier alpha value is -2.20. The number of pyridine rings is 1. The van der Waals surface area contributed by atoms with Crippen LogP contribution in [0.15, 0.2) is 59.7 Å². The van der Waals surface area contributed by atoms with Gasteiger partial charge in [-0.1, -0.05) is 18.2 Å². The highest BCUT2D eigenvalue weighted by molar-refractivity contribution is 5.77. The van der Waals surface area contributed by atoms with Crippen molar-refractivity contribution in [2.75, 3.05) is 0 Å². The summed E-state index contributed by atoms with van der Waals surface area (Å²) in [5, 5.41) is 0.624. The SMILES string of the molecule is O=c1[nH]c(C[n+]2ccccc2)nc2ccccc12.[Cl-]. The summed E-state index contributed by atoms with van der Waals surface area (Å²) in [6.45, 7) is 0.556. The van der Waals surface area contributed by atoms with Crippen molar-refractivity contribution in [3.05, 3.63) is 71.0 Å². The molecule has 4 nitrogen and oxygen atoms in total. The molecule has 0 aliphatic rings. The van der Waals surface area contributed by atoms with E-state index in [0.717, 1.165) is 5.52 Å². The predicted octanol–water partition coefficient (Wildman–Crippen LogP) is -1.74. The Morgan fingerprint density at radius 3 is 2.58 bits per heavy atom. The van der Waals surface area contributed by atoms with E-state index >= 15 is 0 Å². The average Bonchev–Trinajstić information content (AvgIpc) is 2.40. The van der Waals surface area contributed by atoms with E-state index in [4.69, 9.17) is 0 Å². The van der Waals surface area contributed by atoms with Gasteiger partial charge in [0.15, 0.2) is 18.2 Å². The summed E-state index contributed by atoms with van der Waals surface area (Å²) >= 11 is 0. The Balaban J connectivity index is 0.00000133. The maximum absolute atomic E-state index is 11.9. The highest BCUT2D eigenvalue weighted by atomic mass is 35.5. The van der Waals surface area contributed by atoms with E-state index in [1.54, 1.807) is 6.07 Å². The third-order valence-corrected chi connectivity index (χ3v) is 2.77. The van der Waals surface area contributed by atoms with E-state index in [-0.39, 0.29) is 18.0 Å². The molecule has 2 heterocycles. The molecule has 2 aromatic heterocycles. The Morgan fingerprint density at radius 1 is 1.05 bits per heavy atom. The highest BCUT2D eigenvalue weighted by Gasteiger charge is 2.07. The lowest BCUT2D eigenvalue weighted by Crippen LogP contribution is -3.00. The van der Waals surface area contributed by atoms with E-state index in [1.165, 1.54) is 0 Å². The molecule has 0 radical (unpaired) electrons. The van der Waals surface area contributed by atoms with Crippen LogP contribution in [0.1, 0.15) is 5.82 Å². The standard InChI is InChI=1S/C14H11N3O.ClH/c18-14-11-6-2-3-7-12(11)15-13(16-14)10-17-8-4-1-5-9-17;/h1-9H,10H2;1H. The van der Waals surface area contributed by atoms with Gasteiger partial charge in [0.2, 0.25) is 6.54 Å². The quantitative estimate of drug-likeness (QED) is 0.564. The van der Waals surface area contributed by atoms with Crippen LogP contribution in [-0.2, 0) is 6.54 Å². The molecule has 96 valence electrons. The summed E-state index contributed by atoms with van der Waals surface area (Å²) in [7, 11) is 0. The number of H-pyrrole nitrogens is 1. The highest BCUT2D eigenvalue weighted by Crippen LogP contribution is 2.05. The third-order valence-electron chi connectivity index (χ3n) is 2.77. The van der Waals surface area contributed by atoms with Crippen molar-refractivity contribution in [2.45, 2.75) is 6.54 Å². The second-order valence-corrected chi connectivity index (χ2v) is 4.08. The van der Waals surface area contributed by atoms with Gasteiger partial charge in [-0.3, -0.25) is 4.79 Å². The van der Waals surface area contributed by atoms with Crippen molar-refractivity contribution < 1.29 is 17.0 Å². The number of halogens is 1. The lowest BCUT2D eigenvalue weighted by molar-refractivity contribution is -0.689. The summed E-state index contributed by atoms with van der Waals surface area (Å²) in [5.74, 6) is 0.662. The van der Waals surface area contributed by atoms with Crippen LogP contribution >= 0.6 is 0 Å². The number of benzene rings is 1. The molecule has 0 aliphatic carbocycles. The van der Waals surface area contributed by atoms with E-state index in [0.29, 0.717) is 17.8 Å². The van der Waals surface area contributed by atoms with Gasteiger partial charge in [0.1, 0.15) is 0 Å². The second-order valence-electron chi connectivity index (χ2n) is 4.08. The smallest absolute Gasteiger partial charge is 0.258 e. The number of nitrogens with one attached hydrogen (secondary N) is 1. The molecule has 0 unspecified atom stereocenters. The van der Waals surface area contributed by atoms with Crippen LogP contribution in [0.2, 0.25) is 0 Å². The van der Waals surface area contributed by atoms with E-state index in [1.807, 2.05) is 53.4 Å². The number of hydrogen-bond donors (Lipinski definition) is 1. The molecule has 19 heavy (non-hydrogen) atoms. The molecule has 1 N–H and O–H groups in total. The van der Waals surface area contributed by atoms with Crippen LogP contribution < -0.4 is 22.5 Å². The van der Waals surface area contributed by atoms with Gasteiger partial charge in [0, 0.05) is 12.1 Å². The van der Waals surface area contributed by atoms with Crippen molar-refractivity contribution >= 4 is 10.9 Å². The van der Waals surface area contributed by atoms with Crippen LogP contribution in [0.5, 0.6) is 0 Å². The van der Waals surface area contributed by atoms with Gasteiger partial charge in [-0.05, 0) is 12.1 Å². The molecule has 0 atom stereocenters. The Labute approximate surface area is 116 Å². The van der Waals surface area contributed by atoms with Crippen molar-refractivity contribution in [2.24, 2.45) is 0 Å². The fourth-order valence-electron chi connectivity index (χ4n) is 1.92. The Morgan fingerprint density at radius 2 is 1.79 bits per heavy atom. The first-order chi connectivity index (χ1) is 8.83. The first-order valence-corrected chi connectivity index (χ1v) is 5.75. The summed E-state index contributed by atoms with van der Waals surface area (Å²) in [5.41, 5.74) is 0.639. The molecule has 3 aromatic rings. The number of aromatic amines is 1. The second kappa shape index (κ2) is 5.63. The lowest BCUT2D eigenvalue weighted by Gasteiger charge is -2.00. The maximum Gasteiger partial charge on any atom is 0.258 e. The minimum absolute atomic E-state index is 0. The zero-order valence-electron chi connectivity index (χ0n) is 10.1. The van der Waals surface area contributed by atoms with Crippen LogP contribution in [0, 0.1) is 0 Å². The fraction of sp³-hybridized carbons (Fsp3) is 0.0714. The van der Waals surface area contributed by atoms with Gasteiger partial charge in [-0.2, -0.15) is 4.57 Å². The minimum atomic E-state index is -0.0906. The van der Waals surface area contributed by atoms with Gasteiger partial charge >= 0.3 is 0 Å². The van der Waals surface area contributed by atoms with E-state index in [2.05, 4.69) is 9.97 Å². The van der Waals surface area contributed by atoms with Crippen molar-refractivity contribution in [1.82, 2.24) is 9.97 Å². The number of aromatic nitrogens is 3. The molecule has 0 bridgehead atoms. The molecule has 1 aromatic carbocycles. The van der Waals surface area contributed by atoms with E-state index in [9.17, 15) is 4.79 Å². The summed E-state index contributed by atoms with van der Waals surface area (Å²) in [6, 6.07) is 13.2. The summed E-state index contributed by atoms with van der Waals surface area (Å²) in [4.78, 5) is 19.2. The largest absolute Gasteiger partial charge is 1.00 e. The zero-order valence-corrected chi connectivity index (χ0v) is 10.8. The first-order valence-electron chi connectivity index (χ1n) is 5.75. The Bertz CT molecular complexity index is 740. The van der Waals surface area contributed by atoms with Gasteiger partial charge in [-0.25, -0.2) is 4.98 Å². The van der Waals surface area contributed by atoms with Crippen molar-refractivity contribution in [3.8, 4) is 0 Å². The van der Waals surface area contributed by atoms with Crippen molar-refractivity contribution in [3.63, 3.8) is 0 Å². The number of rotatable bonds is 2. The molecular weight excluding hydrogens is 262 g/mol. The lowest BCUT2D eigenvalue weighted by atomic mass is 10.2. The number of nitrogens with zero attached hydrogens (tertiary/aromatic N) is 2. The predicted molar refractivity (Wildman–Crippen MR) is 68.1 cm³/mol. The molecule has 0 amide bonds. The monoisotopic (exact) mass is 273 g/mol. The van der Waals surface area contributed by atoms with E-state index < -0.39 is 0 Å². The third kappa shape index (κ3) is 2.80. The molecule has 0 fully saturated rings. The van der Waals surface area contributed by atoms with Crippen LogP contribution in [0.4, 0.5) is 0 Å². The molecule has 0 saturated heterocycles. The molecule has 0 saturated carbocycles. The first kappa shape index (κ1) is 13.2. The van der Waals surface area contributed by atoms with Gasteiger partial charge in [0.05, 0.1) is 10.9 Å². The summed E-state index contributed by atoms with van der Waals surface area (Å²) in [6.07, 6.45) is 3.88. The topological polar surface area (TPSA) is 49.6 Å². The zero-order chi connectivity index (χ0) is 12.4. The Kier molecular flexibility index (Phi) is 3.92. The van der Waals surface area contributed by atoms with Gasteiger partial charge < -0.3 is 17.4 Å². The average molecular weight is 274 g/mol. The maximum atomic E-state index is 11.9. The normalized spacial score (nSPS) is 10.1. The number of fused-ring (bicyclic) bond motifs is 1. The number of para-hydroxylation sites is 1. The molecule has 0 spiro atoms. The molecule has 5 heteroatoms. The van der Waals surface area contributed by atoms with Gasteiger partial charge in [0.25, 0.3) is 5.56 Å². The van der Waals surface area contributed by atoms with Crippen LogP contribution in [-0.4, -0.2) is 9.97 Å². The molecular formula is C14H12ClN3O. The van der Waals surface area contributed by atoms with Crippen molar-refractivity contribution in [1.29, 1.82) is 0 Å². The summed E-state index contributed by atoms with van der Waals surface area (Å²) < 4.78 is 1.97. The molecule has 0 aliphatic heterocycles. The van der Waals surface area contributed by atoms with Crippen LogP contribution in [0.25, 0.3) is 10.9 Å². The molecule has 3 rings (SSSR count).